The van der Waals surface area contributed by atoms with Crippen molar-refractivity contribution >= 4 is 33.8 Å². The maximum absolute atomic E-state index is 13.5. The molecule has 5 rings (SSSR count). The summed E-state index contributed by atoms with van der Waals surface area (Å²) in [4.78, 5) is 42.5. The Morgan fingerprint density at radius 3 is 2.67 bits per heavy atom. The third-order valence-electron chi connectivity index (χ3n) is 7.15. The summed E-state index contributed by atoms with van der Waals surface area (Å²) in [6.45, 7) is 2.00. The van der Waals surface area contributed by atoms with Crippen molar-refractivity contribution in [1.29, 1.82) is 0 Å². The van der Waals surface area contributed by atoms with Crippen LogP contribution in [0.15, 0.2) is 46.9 Å². The Hall–Kier alpha value is -2.74. The van der Waals surface area contributed by atoms with Gasteiger partial charge in [0, 0.05) is 17.1 Å². The van der Waals surface area contributed by atoms with Gasteiger partial charge in [-0.3, -0.25) is 14.5 Å². The van der Waals surface area contributed by atoms with E-state index in [2.05, 4.69) is 21.2 Å². The highest BCUT2D eigenvalue weighted by molar-refractivity contribution is 9.10. The normalized spacial score (nSPS) is 22.5. The van der Waals surface area contributed by atoms with E-state index in [1.54, 1.807) is 17.0 Å². The molecule has 172 valence electrons. The first-order valence-corrected chi connectivity index (χ1v) is 12.0. The predicted octanol–water partition coefficient (Wildman–Crippen LogP) is 4.11. The molecule has 2 aromatic rings. The molecule has 1 heterocycles. The molecule has 6 nitrogen and oxygen atoms in total. The molecule has 1 saturated heterocycles. The van der Waals surface area contributed by atoms with Gasteiger partial charge in [-0.1, -0.05) is 34.1 Å². The maximum atomic E-state index is 13.5. The van der Waals surface area contributed by atoms with Crippen molar-refractivity contribution in [3.8, 4) is 0 Å². The summed E-state index contributed by atoms with van der Waals surface area (Å²) >= 11 is 3.46. The lowest BCUT2D eigenvalue weighted by Gasteiger charge is -2.31. The molecule has 2 fully saturated rings. The average Bonchev–Trinajstić information content (AvgIpc) is 3.54. The fraction of sp³-hybridized carbons (Fsp3) is 0.400. The minimum atomic E-state index is -1.10. The van der Waals surface area contributed by atoms with E-state index < -0.39 is 11.6 Å². The second kappa shape index (κ2) is 8.24. The van der Waals surface area contributed by atoms with Gasteiger partial charge in [0.05, 0.1) is 0 Å². The van der Waals surface area contributed by atoms with Crippen LogP contribution in [0.2, 0.25) is 0 Å². The summed E-state index contributed by atoms with van der Waals surface area (Å²) in [5, 5.41) is 2.88. The number of carbonyl (C=O) groups excluding carboxylic acids is 3. The second-order valence-electron chi connectivity index (χ2n) is 9.25. The molecule has 2 aromatic carbocycles. The first-order valence-electron chi connectivity index (χ1n) is 11.3. The number of benzene rings is 2. The molecule has 0 aromatic heterocycles. The lowest BCUT2D eigenvalue weighted by molar-refractivity contribution is -0.141. The highest BCUT2D eigenvalue weighted by Gasteiger charge is 2.55. The second-order valence-corrected chi connectivity index (χ2v) is 10.2. The van der Waals surface area contributed by atoms with Gasteiger partial charge in [0.25, 0.3) is 5.91 Å². The van der Waals surface area contributed by atoms with Crippen LogP contribution in [0, 0.1) is 11.7 Å². The van der Waals surface area contributed by atoms with Gasteiger partial charge in [0.2, 0.25) is 5.91 Å². The maximum Gasteiger partial charge on any atom is 0.325 e. The molecule has 2 unspecified atom stereocenters. The molecular formula is C25H25BrFN3O3. The van der Waals surface area contributed by atoms with Crippen LogP contribution in [0.3, 0.4) is 0 Å². The number of hydrogen-bond acceptors (Lipinski definition) is 3. The molecule has 4 amide bonds. The summed E-state index contributed by atoms with van der Waals surface area (Å²) in [5.74, 6) is -0.583. The number of carbonyl (C=O) groups is 3. The van der Waals surface area contributed by atoms with Gasteiger partial charge in [0.15, 0.2) is 0 Å². The SMILES string of the molecule is CC(C1CC1)N(Cc1ccc(F)cc1)C(=O)CN1C(=O)NC2(CCc3cc(Br)ccc32)C1=O. The summed E-state index contributed by atoms with van der Waals surface area (Å²) in [6, 6.07) is 11.2. The topological polar surface area (TPSA) is 69.7 Å². The number of aryl methyl sites for hydroxylation is 1. The van der Waals surface area contributed by atoms with Crippen molar-refractivity contribution in [2.75, 3.05) is 6.54 Å². The van der Waals surface area contributed by atoms with E-state index in [4.69, 9.17) is 0 Å². The van der Waals surface area contributed by atoms with E-state index in [1.807, 2.05) is 25.1 Å². The van der Waals surface area contributed by atoms with Gasteiger partial charge in [-0.15, -0.1) is 0 Å². The van der Waals surface area contributed by atoms with Gasteiger partial charge < -0.3 is 10.2 Å². The molecule has 2 aliphatic carbocycles. The van der Waals surface area contributed by atoms with Crippen LogP contribution < -0.4 is 5.32 Å². The number of hydrogen-bond donors (Lipinski definition) is 1. The molecule has 1 aliphatic heterocycles. The van der Waals surface area contributed by atoms with Gasteiger partial charge in [-0.2, -0.15) is 0 Å². The first-order chi connectivity index (χ1) is 15.8. The largest absolute Gasteiger partial charge is 0.334 e. The number of nitrogens with one attached hydrogen (secondary N) is 1. The number of halogens is 2. The Kier molecular flexibility index (Phi) is 5.51. The van der Waals surface area contributed by atoms with Crippen molar-refractivity contribution < 1.29 is 18.8 Å². The van der Waals surface area contributed by atoms with E-state index in [1.165, 1.54) is 12.1 Å². The Morgan fingerprint density at radius 2 is 1.97 bits per heavy atom. The van der Waals surface area contributed by atoms with E-state index in [-0.39, 0.29) is 30.2 Å². The predicted molar refractivity (Wildman–Crippen MR) is 124 cm³/mol. The standard InChI is InChI=1S/C25H25BrFN3O3/c1-15(17-4-5-17)29(13-16-2-7-20(27)8-3-16)22(31)14-30-23(32)25(28-24(30)33)11-10-18-12-19(26)6-9-21(18)25/h2-3,6-9,12,15,17H,4-5,10-11,13-14H2,1H3,(H,28,33). The van der Waals surface area contributed by atoms with E-state index >= 15 is 0 Å². The number of imide groups is 1. The van der Waals surface area contributed by atoms with Crippen LogP contribution in [-0.2, 0) is 28.1 Å². The highest BCUT2D eigenvalue weighted by atomic mass is 79.9. The Bertz CT molecular complexity index is 1130. The van der Waals surface area contributed by atoms with Crippen LogP contribution in [0.25, 0.3) is 0 Å². The minimum Gasteiger partial charge on any atom is -0.334 e. The summed E-state index contributed by atoms with van der Waals surface area (Å²) in [6.07, 6.45) is 3.25. The van der Waals surface area contributed by atoms with E-state index in [0.29, 0.717) is 25.3 Å². The van der Waals surface area contributed by atoms with Crippen LogP contribution >= 0.6 is 15.9 Å². The van der Waals surface area contributed by atoms with Crippen molar-refractivity contribution in [1.82, 2.24) is 15.1 Å². The molecule has 1 spiro atoms. The third kappa shape index (κ3) is 3.94. The molecule has 3 aliphatic rings. The zero-order valence-corrected chi connectivity index (χ0v) is 19.9. The highest BCUT2D eigenvalue weighted by Crippen LogP contribution is 2.42. The fourth-order valence-corrected chi connectivity index (χ4v) is 5.48. The van der Waals surface area contributed by atoms with E-state index in [0.717, 1.165) is 38.9 Å². The van der Waals surface area contributed by atoms with Crippen LogP contribution in [0.1, 0.15) is 42.9 Å². The molecule has 33 heavy (non-hydrogen) atoms. The number of fused-ring (bicyclic) bond motifs is 2. The smallest absolute Gasteiger partial charge is 0.325 e. The summed E-state index contributed by atoms with van der Waals surface area (Å²) < 4.78 is 14.3. The quantitative estimate of drug-likeness (QED) is 0.591. The molecular weight excluding hydrogens is 489 g/mol. The van der Waals surface area contributed by atoms with Crippen LogP contribution in [0.5, 0.6) is 0 Å². The zero-order chi connectivity index (χ0) is 23.3. The summed E-state index contributed by atoms with van der Waals surface area (Å²) in [5.41, 5.74) is 1.53. The Balaban J connectivity index is 1.37. The van der Waals surface area contributed by atoms with Crippen LogP contribution in [0.4, 0.5) is 9.18 Å². The molecule has 8 heteroatoms. The average molecular weight is 514 g/mol. The Labute approximate surface area is 200 Å². The number of rotatable bonds is 6. The van der Waals surface area contributed by atoms with Crippen molar-refractivity contribution in [2.45, 2.75) is 50.7 Å². The monoisotopic (exact) mass is 513 g/mol. The molecule has 2 atom stereocenters. The van der Waals surface area contributed by atoms with Crippen molar-refractivity contribution in [2.24, 2.45) is 5.92 Å². The molecule has 1 N–H and O–H groups in total. The molecule has 0 bridgehead atoms. The van der Waals surface area contributed by atoms with Gasteiger partial charge in [-0.05, 0) is 79.5 Å². The summed E-state index contributed by atoms with van der Waals surface area (Å²) in [7, 11) is 0. The van der Waals surface area contributed by atoms with Crippen molar-refractivity contribution in [3.63, 3.8) is 0 Å². The van der Waals surface area contributed by atoms with Crippen LogP contribution in [-0.4, -0.2) is 40.2 Å². The Morgan fingerprint density at radius 1 is 1.24 bits per heavy atom. The minimum absolute atomic E-state index is 0.0261. The fourth-order valence-electron chi connectivity index (χ4n) is 5.07. The first kappa shape index (κ1) is 22.1. The number of amides is 4. The van der Waals surface area contributed by atoms with Gasteiger partial charge in [0.1, 0.15) is 17.9 Å². The number of urea groups is 1. The lowest BCUT2D eigenvalue weighted by Crippen LogP contribution is -2.47. The van der Waals surface area contributed by atoms with E-state index in [9.17, 15) is 18.8 Å². The third-order valence-corrected chi connectivity index (χ3v) is 7.64. The van der Waals surface area contributed by atoms with Gasteiger partial charge >= 0.3 is 6.03 Å². The molecule has 0 radical (unpaired) electrons. The molecule has 1 saturated carbocycles. The zero-order valence-electron chi connectivity index (χ0n) is 18.3. The lowest BCUT2D eigenvalue weighted by atomic mass is 9.92. The number of nitrogens with zero attached hydrogens (tertiary/aromatic N) is 2. The van der Waals surface area contributed by atoms with Gasteiger partial charge in [-0.25, -0.2) is 9.18 Å². The van der Waals surface area contributed by atoms with Crippen molar-refractivity contribution in [3.05, 3.63) is 69.4 Å².